The van der Waals surface area contributed by atoms with Crippen molar-refractivity contribution in [3.8, 4) is 0 Å². The highest BCUT2D eigenvalue weighted by Gasteiger charge is 2.35. The lowest BCUT2D eigenvalue weighted by atomic mass is 9.74. The van der Waals surface area contributed by atoms with Crippen molar-refractivity contribution in [1.82, 2.24) is 5.32 Å². The van der Waals surface area contributed by atoms with Gasteiger partial charge >= 0.3 is 0 Å². The summed E-state index contributed by atoms with van der Waals surface area (Å²) in [5.41, 5.74) is 1.64. The van der Waals surface area contributed by atoms with Crippen molar-refractivity contribution < 1.29 is 13.9 Å². The third-order valence-electron chi connectivity index (χ3n) is 5.18. The number of carbonyl (C=O) groups excluding carboxylic acids is 1. The van der Waals surface area contributed by atoms with Gasteiger partial charge in [0.05, 0.1) is 0 Å². The van der Waals surface area contributed by atoms with Crippen LogP contribution in [-0.4, -0.2) is 25.7 Å². The molecular weight excluding hydrogens is 430 g/mol. The van der Waals surface area contributed by atoms with E-state index >= 15 is 0 Å². The second-order valence-electron chi connectivity index (χ2n) is 6.88. The number of amides is 1. The van der Waals surface area contributed by atoms with Gasteiger partial charge in [-0.15, -0.1) is 0 Å². The van der Waals surface area contributed by atoms with Gasteiger partial charge in [0.15, 0.2) is 5.76 Å². The predicted octanol–water partition coefficient (Wildman–Crippen LogP) is 5.33. The van der Waals surface area contributed by atoms with Crippen LogP contribution >= 0.6 is 27.5 Å². The van der Waals surface area contributed by atoms with Crippen molar-refractivity contribution in [3.63, 3.8) is 0 Å². The number of nitrogens with one attached hydrogen (secondary N) is 1. The highest BCUT2D eigenvalue weighted by molar-refractivity contribution is 9.10. The minimum atomic E-state index is -0.213. The third-order valence-corrected chi connectivity index (χ3v) is 5.90. The lowest BCUT2D eigenvalue weighted by Crippen LogP contribution is -2.44. The molecule has 0 saturated carbocycles. The first-order valence-corrected chi connectivity index (χ1v) is 10.0. The maximum atomic E-state index is 12.7. The molecule has 1 aromatic heterocycles. The molecule has 1 saturated heterocycles. The maximum absolute atomic E-state index is 12.7. The molecule has 1 aliphatic heterocycles. The molecule has 0 aliphatic carbocycles. The largest absolute Gasteiger partial charge is 0.451 e. The Bertz CT molecular complexity index is 978. The summed E-state index contributed by atoms with van der Waals surface area (Å²) in [4.78, 5) is 12.7. The Morgan fingerprint density at radius 3 is 2.74 bits per heavy atom. The normalized spacial score (nSPS) is 16.4. The molecule has 0 bridgehead atoms. The van der Waals surface area contributed by atoms with Crippen LogP contribution in [0.25, 0.3) is 11.0 Å². The molecule has 1 N–H and O–H groups in total. The summed E-state index contributed by atoms with van der Waals surface area (Å²) in [6.07, 6.45) is 1.67. The Morgan fingerprint density at radius 1 is 1.15 bits per heavy atom. The molecule has 2 aromatic carbocycles. The van der Waals surface area contributed by atoms with E-state index < -0.39 is 0 Å². The van der Waals surface area contributed by atoms with Gasteiger partial charge in [0.1, 0.15) is 5.58 Å². The van der Waals surface area contributed by atoms with Crippen molar-refractivity contribution in [2.24, 2.45) is 0 Å². The van der Waals surface area contributed by atoms with E-state index in [0.717, 1.165) is 28.3 Å². The number of carbonyl (C=O) groups is 1. The number of hydrogen-bond acceptors (Lipinski definition) is 3. The predicted molar refractivity (Wildman–Crippen MR) is 109 cm³/mol. The van der Waals surface area contributed by atoms with Gasteiger partial charge in [0, 0.05) is 40.1 Å². The molecule has 4 rings (SSSR count). The van der Waals surface area contributed by atoms with E-state index in [0.29, 0.717) is 36.1 Å². The van der Waals surface area contributed by atoms with Crippen LogP contribution in [0.5, 0.6) is 0 Å². The van der Waals surface area contributed by atoms with Gasteiger partial charge in [-0.3, -0.25) is 4.79 Å². The van der Waals surface area contributed by atoms with E-state index in [1.54, 1.807) is 6.07 Å². The summed E-state index contributed by atoms with van der Waals surface area (Å²) in [5, 5.41) is 4.66. The van der Waals surface area contributed by atoms with Crippen molar-refractivity contribution in [3.05, 3.63) is 69.3 Å². The highest BCUT2D eigenvalue weighted by Crippen LogP contribution is 2.35. The quantitative estimate of drug-likeness (QED) is 0.587. The lowest BCUT2D eigenvalue weighted by molar-refractivity contribution is 0.0485. The van der Waals surface area contributed by atoms with Crippen LogP contribution in [0.1, 0.15) is 29.0 Å². The zero-order chi connectivity index (χ0) is 18.9. The molecular formula is C21H19BrClNO3. The van der Waals surface area contributed by atoms with Gasteiger partial charge in [-0.1, -0.05) is 39.7 Å². The third kappa shape index (κ3) is 3.91. The van der Waals surface area contributed by atoms with E-state index in [4.69, 9.17) is 20.8 Å². The minimum Gasteiger partial charge on any atom is -0.451 e. The van der Waals surface area contributed by atoms with Gasteiger partial charge in [-0.25, -0.2) is 0 Å². The molecule has 0 spiro atoms. The van der Waals surface area contributed by atoms with Gasteiger partial charge in [-0.05, 0) is 54.8 Å². The van der Waals surface area contributed by atoms with Crippen LogP contribution in [0, 0.1) is 0 Å². The summed E-state index contributed by atoms with van der Waals surface area (Å²) in [5.74, 6) is 0.103. The number of furan rings is 1. The molecule has 2 heterocycles. The Balaban J connectivity index is 1.55. The number of hydrogen-bond donors (Lipinski definition) is 1. The van der Waals surface area contributed by atoms with Gasteiger partial charge in [0.25, 0.3) is 5.91 Å². The van der Waals surface area contributed by atoms with Gasteiger partial charge in [0.2, 0.25) is 0 Å². The van der Waals surface area contributed by atoms with Crippen LogP contribution in [0.4, 0.5) is 0 Å². The van der Waals surface area contributed by atoms with Crippen molar-refractivity contribution in [2.75, 3.05) is 19.8 Å². The number of halogens is 2. The average molecular weight is 449 g/mol. The molecule has 1 fully saturated rings. The van der Waals surface area contributed by atoms with Crippen molar-refractivity contribution in [2.45, 2.75) is 18.3 Å². The van der Waals surface area contributed by atoms with E-state index in [1.807, 2.05) is 36.4 Å². The van der Waals surface area contributed by atoms with Crippen molar-refractivity contribution >= 4 is 44.4 Å². The Kier molecular flexibility index (Phi) is 5.26. The lowest BCUT2D eigenvalue weighted by Gasteiger charge is -2.38. The first-order valence-electron chi connectivity index (χ1n) is 8.87. The minimum absolute atomic E-state index is 0.187. The molecule has 140 valence electrons. The zero-order valence-electron chi connectivity index (χ0n) is 14.6. The molecule has 27 heavy (non-hydrogen) atoms. The van der Waals surface area contributed by atoms with Crippen LogP contribution in [0.2, 0.25) is 5.02 Å². The highest BCUT2D eigenvalue weighted by atomic mass is 79.9. The SMILES string of the molecule is O=C(NCC1(c2cccc(Cl)c2)CCOCC1)c1cc2cc(Br)ccc2o1. The second kappa shape index (κ2) is 7.66. The summed E-state index contributed by atoms with van der Waals surface area (Å²) in [6, 6.07) is 15.3. The Labute approximate surface area is 171 Å². The maximum Gasteiger partial charge on any atom is 0.287 e. The fourth-order valence-corrected chi connectivity index (χ4v) is 4.18. The Morgan fingerprint density at radius 2 is 1.96 bits per heavy atom. The smallest absolute Gasteiger partial charge is 0.287 e. The molecule has 6 heteroatoms. The molecule has 0 unspecified atom stereocenters. The number of ether oxygens (including phenoxy) is 1. The summed E-state index contributed by atoms with van der Waals surface area (Å²) in [7, 11) is 0. The van der Waals surface area contributed by atoms with Crippen LogP contribution in [-0.2, 0) is 10.2 Å². The van der Waals surface area contributed by atoms with E-state index in [9.17, 15) is 4.79 Å². The zero-order valence-corrected chi connectivity index (χ0v) is 17.0. The van der Waals surface area contributed by atoms with Crippen LogP contribution in [0.3, 0.4) is 0 Å². The standard InChI is InChI=1S/C21H19BrClNO3/c22-16-4-5-18-14(10-16)11-19(27-18)20(25)24-13-21(6-8-26-9-7-21)15-2-1-3-17(23)12-15/h1-5,10-12H,6-9,13H2,(H,24,25). The first-order chi connectivity index (χ1) is 13.1. The van der Waals surface area contributed by atoms with Crippen LogP contribution in [0.15, 0.2) is 57.4 Å². The Hall–Kier alpha value is -1.82. The van der Waals surface area contributed by atoms with Crippen molar-refractivity contribution in [1.29, 1.82) is 0 Å². The fraction of sp³-hybridized carbons (Fsp3) is 0.286. The second-order valence-corrected chi connectivity index (χ2v) is 8.23. The summed E-state index contributed by atoms with van der Waals surface area (Å²) >= 11 is 9.64. The van der Waals surface area contributed by atoms with Gasteiger partial charge in [-0.2, -0.15) is 0 Å². The van der Waals surface area contributed by atoms with E-state index in [2.05, 4.69) is 27.3 Å². The monoisotopic (exact) mass is 447 g/mol. The molecule has 4 nitrogen and oxygen atoms in total. The van der Waals surface area contributed by atoms with E-state index in [-0.39, 0.29) is 11.3 Å². The average Bonchev–Trinajstić information content (AvgIpc) is 3.10. The molecule has 3 aromatic rings. The molecule has 0 atom stereocenters. The van der Waals surface area contributed by atoms with Gasteiger partial charge < -0.3 is 14.5 Å². The van der Waals surface area contributed by atoms with Crippen LogP contribution < -0.4 is 5.32 Å². The molecule has 1 amide bonds. The summed E-state index contributed by atoms with van der Waals surface area (Å²) in [6.45, 7) is 1.85. The first kappa shape index (κ1) is 18.5. The molecule has 1 aliphatic rings. The number of fused-ring (bicyclic) bond motifs is 1. The topological polar surface area (TPSA) is 51.5 Å². The van der Waals surface area contributed by atoms with E-state index in [1.165, 1.54) is 0 Å². The molecule has 0 radical (unpaired) electrons. The number of rotatable bonds is 4. The summed E-state index contributed by atoms with van der Waals surface area (Å²) < 4.78 is 12.2. The number of benzene rings is 2. The fourth-order valence-electron chi connectivity index (χ4n) is 3.61.